The van der Waals surface area contributed by atoms with Crippen molar-refractivity contribution >= 4 is 17.6 Å². The second-order valence-corrected chi connectivity index (χ2v) is 4.02. The summed E-state index contributed by atoms with van der Waals surface area (Å²) < 4.78 is 1.29. The largest absolute Gasteiger partial charge is 0.394 e. The first kappa shape index (κ1) is 15.3. The molecule has 0 radical (unpaired) electrons. The number of guanidine groups is 1. The van der Waals surface area contributed by atoms with Crippen molar-refractivity contribution in [2.75, 3.05) is 18.9 Å². The second kappa shape index (κ2) is 7.02. The van der Waals surface area contributed by atoms with Gasteiger partial charge in [-0.2, -0.15) is 0 Å². The molecule has 0 saturated heterocycles. The number of nitrogens with one attached hydrogen (secondary N) is 1. The van der Waals surface area contributed by atoms with Gasteiger partial charge >= 0.3 is 0 Å². The fourth-order valence-electron chi connectivity index (χ4n) is 1.44. The molecule has 1 amide bonds. The molecule has 0 aliphatic carbocycles. The Morgan fingerprint density at radius 1 is 1.45 bits per heavy atom. The SMILES string of the molecule is Cc1ccc(N)c(=O)n1CC(=O)NCCON=C(N)N. The van der Waals surface area contributed by atoms with Crippen molar-refractivity contribution in [2.24, 2.45) is 16.6 Å². The molecule has 9 nitrogen and oxygen atoms in total. The fourth-order valence-corrected chi connectivity index (χ4v) is 1.44. The van der Waals surface area contributed by atoms with Gasteiger partial charge < -0.3 is 31.9 Å². The van der Waals surface area contributed by atoms with E-state index in [0.29, 0.717) is 5.69 Å². The van der Waals surface area contributed by atoms with Crippen molar-refractivity contribution in [3.05, 3.63) is 28.2 Å². The average Bonchev–Trinajstić information content (AvgIpc) is 2.38. The van der Waals surface area contributed by atoms with Crippen LogP contribution in [-0.2, 0) is 16.2 Å². The van der Waals surface area contributed by atoms with Gasteiger partial charge in [-0.3, -0.25) is 9.59 Å². The van der Waals surface area contributed by atoms with Crippen molar-refractivity contribution in [3.63, 3.8) is 0 Å². The van der Waals surface area contributed by atoms with E-state index in [1.165, 1.54) is 10.6 Å². The lowest BCUT2D eigenvalue weighted by Crippen LogP contribution is -2.35. The minimum atomic E-state index is -0.392. The Balaban J connectivity index is 2.49. The molecule has 20 heavy (non-hydrogen) atoms. The molecule has 0 aromatic carbocycles. The smallest absolute Gasteiger partial charge is 0.274 e. The van der Waals surface area contributed by atoms with Gasteiger partial charge in [0, 0.05) is 5.69 Å². The molecular formula is C11H18N6O3. The molecule has 7 N–H and O–H groups in total. The molecule has 110 valence electrons. The normalized spacial score (nSPS) is 9.85. The number of rotatable bonds is 6. The Hall–Kier alpha value is -2.71. The van der Waals surface area contributed by atoms with Crippen molar-refractivity contribution < 1.29 is 9.63 Å². The minimum Gasteiger partial charge on any atom is -0.394 e. The maximum atomic E-state index is 11.8. The molecule has 0 aliphatic heterocycles. The maximum absolute atomic E-state index is 11.8. The monoisotopic (exact) mass is 282 g/mol. The van der Waals surface area contributed by atoms with Gasteiger partial charge in [-0.1, -0.05) is 0 Å². The number of nitrogens with zero attached hydrogens (tertiary/aromatic N) is 2. The molecular weight excluding hydrogens is 264 g/mol. The fraction of sp³-hybridized carbons (Fsp3) is 0.364. The van der Waals surface area contributed by atoms with Gasteiger partial charge in [0.25, 0.3) is 5.56 Å². The molecule has 0 aliphatic rings. The lowest BCUT2D eigenvalue weighted by atomic mass is 10.3. The number of pyridine rings is 1. The zero-order valence-electron chi connectivity index (χ0n) is 11.1. The van der Waals surface area contributed by atoms with Crippen molar-refractivity contribution in [1.29, 1.82) is 0 Å². The third-order valence-electron chi connectivity index (χ3n) is 2.41. The number of oxime groups is 1. The first-order valence-corrected chi connectivity index (χ1v) is 5.85. The maximum Gasteiger partial charge on any atom is 0.274 e. The van der Waals surface area contributed by atoms with E-state index in [1.54, 1.807) is 13.0 Å². The summed E-state index contributed by atoms with van der Waals surface area (Å²) in [5.41, 5.74) is 16.0. The number of amides is 1. The lowest BCUT2D eigenvalue weighted by molar-refractivity contribution is -0.122. The molecule has 0 atom stereocenters. The van der Waals surface area contributed by atoms with E-state index >= 15 is 0 Å². The first-order chi connectivity index (χ1) is 9.41. The number of hydrogen-bond acceptors (Lipinski definition) is 5. The van der Waals surface area contributed by atoms with Gasteiger partial charge in [0.1, 0.15) is 13.2 Å². The van der Waals surface area contributed by atoms with Crippen molar-refractivity contribution in [2.45, 2.75) is 13.5 Å². The number of hydrogen-bond donors (Lipinski definition) is 4. The molecule has 9 heteroatoms. The van der Waals surface area contributed by atoms with E-state index in [2.05, 4.69) is 10.5 Å². The van der Waals surface area contributed by atoms with Crippen LogP contribution in [-0.4, -0.2) is 29.6 Å². The molecule has 0 unspecified atom stereocenters. The Kier molecular flexibility index (Phi) is 5.39. The van der Waals surface area contributed by atoms with E-state index < -0.39 is 5.56 Å². The van der Waals surface area contributed by atoms with E-state index in [0.717, 1.165) is 0 Å². The number of aryl methyl sites for hydroxylation is 1. The van der Waals surface area contributed by atoms with Crippen LogP contribution < -0.4 is 28.1 Å². The Morgan fingerprint density at radius 3 is 2.80 bits per heavy atom. The van der Waals surface area contributed by atoms with E-state index in [-0.39, 0.29) is 37.3 Å². The van der Waals surface area contributed by atoms with Crippen LogP contribution in [0, 0.1) is 6.92 Å². The van der Waals surface area contributed by atoms with Crippen molar-refractivity contribution in [3.8, 4) is 0 Å². The summed E-state index contributed by atoms with van der Waals surface area (Å²) in [7, 11) is 0. The van der Waals surface area contributed by atoms with Gasteiger partial charge in [-0.15, -0.1) is 0 Å². The predicted octanol–water partition coefficient (Wildman–Crippen LogP) is -1.94. The second-order valence-electron chi connectivity index (χ2n) is 4.02. The van der Waals surface area contributed by atoms with E-state index in [1.807, 2.05) is 0 Å². The Morgan fingerprint density at radius 2 is 2.15 bits per heavy atom. The number of carbonyl (C=O) groups excluding carboxylic acids is 1. The molecule has 1 rings (SSSR count). The first-order valence-electron chi connectivity index (χ1n) is 5.85. The van der Waals surface area contributed by atoms with Crippen LogP contribution in [0.2, 0.25) is 0 Å². The van der Waals surface area contributed by atoms with Crippen LogP contribution in [0.25, 0.3) is 0 Å². The molecule has 1 aromatic rings. The molecule has 0 fully saturated rings. The van der Waals surface area contributed by atoms with Crippen LogP contribution in [0.4, 0.5) is 5.69 Å². The lowest BCUT2D eigenvalue weighted by Gasteiger charge is -2.10. The highest BCUT2D eigenvalue weighted by Crippen LogP contribution is 1.98. The highest BCUT2D eigenvalue weighted by molar-refractivity contribution is 5.76. The highest BCUT2D eigenvalue weighted by Gasteiger charge is 2.08. The van der Waals surface area contributed by atoms with Gasteiger partial charge in [-0.05, 0) is 24.2 Å². The average molecular weight is 282 g/mol. The summed E-state index contributed by atoms with van der Waals surface area (Å²) >= 11 is 0. The summed E-state index contributed by atoms with van der Waals surface area (Å²) in [6, 6.07) is 3.18. The summed E-state index contributed by atoms with van der Waals surface area (Å²) in [5, 5.41) is 5.86. The molecule has 0 bridgehead atoms. The number of anilines is 1. The number of aromatic nitrogens is 1. The van der Waals surface area contributed by atoms with Gasteiger partial charge in [0.2, 0.25) is 11.9 Å². The molecule has 1 heterocycles. The number of carbonyl (C=O) groups is 1. The topological polar surface area (TPSA) is 151 Å². The third-order valence-corrected chi connectivity index (χ3v) is 2.41. The van der Waals surface area contributed by atoms with E-state index in [4.69, 9.17) is 22.0 Å². The van der Waals surface area contributed by atoms with Gasteiger partial charge in [-0.25, -0.2) is 0 Å². The van der Waals surface area contributed by atoms with Crippen LogP contribution in [0.3, 0.4) is 0 Å². The summed E-state index contributed by atoms with van der Waals surface area (Å²) in [6.07, 6.45) is 0. The Labute approximate surface area is 115 Å². The summed E-state index contributed by atoms with van der Waals surface area (Å²) in [6.45, 7) is 1.94. The minimum absolute atomic E-state index is 0.0968. The van der Waals surface area contributed by atoms with Crippen LogP contribution >= 0.6 is 0 Å². The highest BCUT2D eigenvalue weighted by atomic mass is 16.6. The zero-order valence-corrected chi connectivity index (χ0v) is 11.1. The number of nitrogen functional groups attached to an aromatic ring is 1. The predicted molar refractivity (Wildman–Crippen MR) is 74.6 cm³/mol. The van der Waals surface area contributed by atoms with Gasteiger partial charge in [0.15, 0.2) is 0 Å². The zero-order chi connectivity index (χ0) is 15.1. The third kappa shape index (κ3) is 4.52. The molecule has 0 spiro atoms. The molecule has 0 saturated carbocycles. The summed E-state index contributed by atoms with van der Waals surface area (Å²) in [5.74, 6) is -0.535. The molecule has 1 aromatic heterocycles. The van der Waals surface area contributed by atoms with Crippen LogP contribution in [0.15, 0.2) is 22.1 Å². The quantitative estimate of drug-likeness (QED) is 0.206. The standard InChI is InChI=1S/C11H18N6O3/c1-7-2-3-8(12)10(19)17(7)6-9(18)15-4-5-20-16-11(13)14/h2-3H,4-6,12H2,1H3,(H,15,18)(H4,13,14,16). The van der Waals surface area contributed by atoms with Crippen LogP contribution in [0.5, 0.6) is 0 Å². The number of nitrogens with two attached hydrogens (primary N) is 3. The summed E-state index contributed by atoms with van der Waals surface area (Å²) in [4.78, 5) is 28.1. The Bertz CT molecular complexity index is 562. The van der Waals surface area contributed by atoms with E-state index in [9.17, 15) is 9.59 Å². The van der Waals surface area contributed by atoms with Crippen molar-refractivity contribution in [1.82, 2.24) is 9.88 Å². The van der Waals surface area contributed by atoms with Crippen LogP contribution in [0.1, 0.15) is 5.69 Å². The van der Waals surface area contributed by atoms with Gasteiger partial charge in [0.05, 0.1) is 12.2 Å².